The number of nitrogens with zero attached hydrogens (tertiary/aromatic N) is 1. The number of methoxy groups -OCH3 is 1. The number of alkyl halides is 1. The second-order valence-corrected chi connectivity index (χ2v) is 3.81. The molecule has 0 amide bonds. The van der Waals surface area contributed by atoms with Crippen molar-refractivity contribution in [1.29, 1.82) is 0 Å². The van der Waals surface area contributed by atoms with Crippen LogP contribution in [0.15, 0.2) is 28.9 Å². The van der Waals surface area contributed by atoms with E-state index < -0.39 is 5.97 Å². The van der Waals surface area contributed by atoms with E-state index in [9.17, 15) is 9.90 Å². The lowest BCUT2D eigenvalue weighted by atomic mass is 10.1. The Morgan fingerprint density at radius 2 is 2.33 bits per heavy atom. The Morgan fingerprint density at radius 1 is 1.56 bits per heavy atom. The van der Waals surface area contributed by atoms with Crippen molar-refractivity contribution in [3.8, 4) is 11.5 Å². The quantitative estimate of drug-likeness (QED) is 0.516. The summed E-state index contributed by atoms with van der Waals surface area (Å²) in [6.45, 7) is 0. The molecule has 6 heteroatoms. The highest BCUT2D eigenvalue weighted by atomic mass is 35.5. The predicted octanol–water partition coefficient (Wildman–Crippen LogP) is 1.94. The van der Waals surface area contributed by atoms with E-state index in [1.807, 2.05) is 0 Å². The molecule has 1 aliphatic heterocycles. The molecule has 94 valence electrons. The van der Waals surface area contributed by atoms with E-state index in [0.717, 1.165) is 0 Å². The maximum atomic E-state index is 11.4. The van der Waals surface area contributed by atoms with Crippen molar-refractivity contribution in [1.82, 2.24) is 0 Å². The van der Waals surface area contributed by atoms with Gasteiger partial charge in [-0.1, -0.05) is 11.2 Å². The molecule has 1 heterocycles. The summed E-state index contributed by atoms with van der Waals surface area (Å²) in [7, 11) is 1.45. The number of oxime groups is 1. The molecule has 0 saturated heterocycles. The highest BCUT2D eigenvalue weighted by Gasteiger charge is 2.24. The summed E-state index contributed by atoms with van der Waals surface area (Å²) in [5.41, 5.74) is 1.36. The average molecular weight is 268 g/mol. The SMILES string of the molecule is COc1cc(/C=C2\C(=O)ON=C2CCl)ccc1O. The zero-order chi connectivity index (χ0) is 13.1. The Labute approximate surface area is 108 Å². The monoisotopic (exact) mass is 267 g/mol. The number of rotatable bonds is 3. The normalized spacial score (nSPS) is 16.7. The van der Waals surface area contributed by atoms with E-state index in [4.69, 9.17) is 16.3 Å². The Bertz CT molecular complexity index is 551. The van der Waals surface area contributed by atoms with Gasteiger partial charge in [-0.15, -0.1) is 11.6 Å². The van der Waals surface area contributed by atoms with Gasteiger partial charge in [0.15, 0.2) is 11.5 Å². The van der Waals surface area contributed by atoms with Crippen molar-refractivity contribution in [3.05, 3.63) is 29.3 Å². The molecule has 0 aliphatic carbocycles. The lowest BCUT2D eigenvalue weighted by Crippen LogP contribution is -2.06. The van der Waals surface area contributed by atoms with Crippen molar-refractivity contribution in [3.63, 3.8) is 0 Å². The number of phenolic OH excluding ortho intramolecular Hbond substituents is 1. The van der Waals surface area contributed by atoms with Crippen LogP contribution in [0.5, 0.6) is 11.5 Å². The smallest absolute Gasteiger partial charge is 0.367 e. The molecule has 0 spiro atoms. The Hall–Kier alpha value is -2.01. The van der Waals surface area contributed by atoms with Crippen molar-refractivity contribution in [2.24, 2.45) is 5.16 Å². The number of halogens is 1. The van der Waals surface area contributed by atoms with Crippen LogP contribution in [0.3, 0.4) is 0 Å². The van der Waals surface area contributed by atoms with Crippen molar-refractivity contribution >= 4 is 29.4 Å². The van der Waals surface area contributed by atoms with Gasteiger partial charge in [-0.2, -0.15) is 0 Å². The average Bonchev–Trinajstić information content (AvgIpc) is 2.73. The number of carbonyl (C=O) groups is 1. The zero-order valence-corrected chi connectivity index (χ0v) is 10.3. The summed E-state index contributed by atoms with van der Waals surface area (Å²) in [6.07, 6.45) is 1.58. The van der Waals surface area contributed by atoms with E-state index in [0.29, 0.717) is 22.6 Å². The topological polar surface area (TPSA) is 68.1 Å². The van der Waals surface area contributed by atoms with E-state index in [-0.39, 0.29) is 11.6 Å². The third-order valence-corrected chi connectivity index (χ3v) is 2.66. The molecule has 2 rings (SSSR count). The van der Waals surface area contributed by atoms with E-state index in [2.05, 4.69) is 9.99 Å². The number of benzene rings is 1. The molecule has 0 saturated carbocycles. The molecule has 0 bridgehead atoms. The van der Waals surface area contributed by atoms with Gasteiger partial charge in [-0.3, -0.25) is 0 Å². The molecule has 1 aromatic rings. The molecule has 5 nitrogen and oxygen atoms in total. The largest absolute Gasteiger partial charge is 0.504 e. The van der Waals surface area contributed by atoms with E-state index in [1.165, 1.54) is 13.2 Å². The number of hydrogen-bond donors (Lipinski definition) is 1. The van der Waals surface area contributed by atoms with Crippen LogP contribution in [0.2, 0.25) is 0 Å². The van der Waals surface area contributed by atoms with Gasteiger partial charge in [0.1, 0.15) is 5.71 Å². The Morgan fingerprint density at radius 3 is 3.00 bits per heavy atom. The summed E-state index contributed by atoms with van der Waals surface area (Å²) < 4.78 is 4.98. The number of carbonyl (C=O) groups excluding carboxylic acids is 1. The standard InChI is InChI=1S/C12H10ClNO4/c1-17-11-5-7(2-3-10(11)15)4-8-9(6-13)14-18-12(8)16/h2-5,15H,6H2,1H3/b8-4-. The van der Waals surface area contributed by atoms with E-state index in [1.54, 1.807) is 18.2 Å². The van der Waals surface area contributed by atoms with Crippen molar-refractivity contribution < 1.29 is 19.5 Å². The van der Waals surface area contributed by atoms with Gasteiger partial charge < -0.3 is 14.7 Å². The molecule has 1 aliphatic rings. The second-order valence-electron chi connectivity index (χ2n) is 3.54. The fraction of sp³-hybridized carbons (Fsp3) is 0.167. The maximum absolute atomic E-state index is 11.4. The molecule has 0 atom stereocenters. The highest BCUT2D eigenvalue weighted by molar-refractivity contribution is 6.38. The number of hydrogen-bond acceptors (Lipinski definition) is 5. The van der Waals surface area contributed by atoms with Gasteiger partial charge in [0.05, 0.1) is 18.6 Å². The fourth-order valence-electron chi connectivity index (χ4n) is 1.50. The lowest BCUT2D eigenvalue weighted by Gasteiger charge is -2.04. The van der Waals surface area contributed by atoms with E-state index >= 15 is 0 Å². The summed E-state index contributed by atoms with van der Waals surface area (Å²) >= 11 is 5.65. The molecular weight excluding hydrogens is 258 g/mol. The first kappa shape index (κ1) is 12.4. The van der Waals surface area contributed by atoms with Crippen LogP contribution < -0.4 is 4.74 Å². The molecule has 0 aromatic heterocycles. The molecule has 1 N–H and O–H groups in total. The van der Waals surface area contributed by atoms with Gasteiger partial charge >= 0.3 is 5.97 Å². The Kier molecular flexibility index (Phi) is 3.53. The highest BCUT2D eigenvalue weighted by Crippen LogP contribution is 2.28. The van der Waals surface area contributed by atoms with Gasteiger partial charge in [-0.25, -0.2) is 4.79 Å². The summed E-state index contributed by atoms with van der Waals surface area (Å²) in [4.78, 5) is 16.0. The molecular formula is C12H10ClNO4. The summed E-state index contributed by atoms with van der Waals surface area (Å²) in [5, 5.41) is 13.0. The second kappa shape index (κ2) is 5.10. The van der Waals surface area contributed by atoms with Crippen molar-refractivity contribution in [2.45, 2.75) is 0 Å². The molecule has 0 unspecified atom stereocenters. The minimum atomic E-state index is -0.544. The molecule has 1 aromatic carbocycles. The van der Waals surface area contributed by atoms with Crippen molar-refractivity contribution in [2.75, 3.05) is 13.0 Å². The first-order valence-corrected chi connectivity index (χ1v) is 5.62. The van der Waals surface area contributed by atoms with Crippen LogP contribution in [0.4, 0.5) is 0 Å². The van der Waals surface area contributed by atoms with Crippen LogP contribution in [0.1, 0.15) is 5.56 Å². The number of aromatic hydroxyl groups is 1. The summed E-state index contributed by atoms with van der Waals surface area (Å²) in [6, 6.07) is 4.71. The van der Waals surface area contributed by atoms with Gasteiger partial charge in [-0.05, 0) is 23.8 Å². The minimum Gasteiger partial charge on any atom is -0.504 e. The molecule has 0 radical (unpaired) electrons. The minimum absolute atomic E-state index is 0.0277. The predicted molar refractivity (Wildman–Crippen MR) is 66.9 cm³/mol. The van der Waals surface area contributed by atoms with Gasteiger partial charge in [0.2, 0.25) is 0 Å². The lowest BCUT2D eigenvalue weighted by molar-refractivity contribution is -0.136. The maximum Gasteiger partial charge on any atom is 0.367 e. The van der Waals surface area contributed by atoms with Crippen LogP contribution in [0, 0.1) is 0 Å². The Balaban J connectivity index is 2.38. The first-order valence-electron chi connectivity index (χ1n) is 5.09. The third-order valence-electron chi connectivity index (χ3n) is 2.41. The number of ether oxygens (including phenoxy) is 1. The third kappa shape index (κ3) is 2.31. The van der Waals surface area contributed by atoms with Gasteiger partial charge in [0, 0.05) is 0 Å². The van der Waals surface area contributed by atoms with Crippen LogP contribution >= 0.6 is 11.6 Å². The first-order chi connectivity index (χ1) is 8.65. The summed E-state index contributed by atoms with van der Waals surface area (Å²) in [5.74, 6) is -0.107. The van der Waals surface area contributed by atoms with Crippen LogP contribution in [-0.4, -0.2) is 29.8 Å². The fourth-order valence-corrected chi connectivity index (χ4v) is 1.69. The van der Waals surface area contributed by atoms with Crippen LogP contribution in [0.25, 0.3) is 6.08 Å². The van der Waals surface area contributed by atoms with Crippen LogP contribution in [-0.2, 0) is 9.63 Å². The molecule has 0 fully saturated rings. The van der Waals surface area contributed by atoms with Gasteiger partial charge in [0.25, 0.3) is 0 Å². The zero-order valence-electron chi connectivity index (χ0n) is 9.51. The number of phenols is 1. The molecule has 18 heavy (non-hydrogen) atoms.